The molecule has 0 bridgehead atoms. The summed E-state index contributed by atoms with van der Waals surface area (Å²) in [5.41, 5.74) is 0.0834. The van der Waals surface area contributed by atoms with Gasteiger partial charge in [-0.2, -0.15) is 0 Å². The van der Waals surface area contributed by atoms with Gasteiger partial charge in [-0.15, -0.1) is 0 Å². The van der Waals surface area contributed by atoms with Gasteiger partial charge in [0.2, 0.25) is 0 Å². The maximum atomic E-state index is 12.1. The van der Waals surface area contributed by atoms with Crippen LogP contribution in [-0.4, -0.2) is 54.1 Å². The molecule has 0 aromatic rings. The minimum absolute atomic E-state index is 0.0834. The lowest BCUT2D eigenvalue weighted by Gasteiger charge is -2.39. The van der Waals surface area contributed by atoms with Gasteiger partial charge >= 0.3 is 6.03 Å². The molecule has 2 rings (SSSR count). The number of urea groups is 1. The van der Waals surface area contributed by atoms with Gasteiger partial charge in [-0.25, -0.2) is 4.79 Å². The third-order valence-corrected chi connectivity index (χ3v) is 3.71. The number of carbonyl (C=O) groups is 1. The zero-order valence-electron chi connectivity index (χ0n) is 9.75. The highest BCUT2D eigenvalue weighted by Gasteiger charge is 2.48. The summed E-state index contributed by atoms with van der Waals surface area (Å²) in [5, 5.41) is 3.43. The van der Waals surface area contributed by atoms with Crippen molar-refractivity contribution in [3.05, 3.63) is 0 Å². The van der Waals surface area contributed by atoms with Crippen LogP contribution in [0.5, 0.6) is 0 Å². The molecule has 0 radical (unpaired) electrons. The Kier molecular flexibility index (Phi) is 2.87. The standard InChI is InChI=1S/C11H21N3O/c1-3-13-9-11(6-5-7-12-8-11)14(4-2)10(13)15/h12H,3-9H2,1-2H3. The minimum Gasteiger partial charge on any atom is -0.323 e. The average Bonchev–Trinajstić information content (AvgIpc) is 2.52. The zero-order valence-corrected chi connectivity index (χ0v) is 9.75. The van der Waals surface area contributed by atoms with E-state index in [0.717, 1.165) is 39.1 Å². The summed E-state index contributed by atoms with van der Waals surface area (Å²) in [4.78, 5) is 16.1. The first kappa shape index (κ1) is 10.7. The Balaban J connectivity index is 2.19. The van der Waals surface area contributed by atoms with Crippen molar-refractivity contribution in [2.24, 2.45) is 0 Å². The van der Waals surface area contributed by atoms with E-state index >= 15 is 0 Å². The van der Waals surface area contributed by atoms with E-state index in [-0.39, 0.29) is 11.6 Å². The molecule has 1 unspecified atom stereocenters. The summed E-state index contributed by atoms with van der Waals surface area (Å²) in [5.74, 6) is 0. The number of rotatable bonds is 2. The molecule has 15 heavy (non-hydrogen) atoms. The van der Waals surface area contributed by atoms with E-state index in [4.69, 9.17) is 0 Å². The molecule has 1 N–H and O–H groups in total. The molecule has 1 spiro atoms. The highest BCUT2D eigenvalue weighted by atomic mass is 16.2. The summed E-state index contributed by atoms with van der Waals surface area (Å²) in [6.07, 6.45) is 2.33. The van der Waals surface area contributed by atoms with Gasteiger partial charge in [-0.1, -0.05) is 0 Å². The van der Waals surface area contributed by atoms with Crippen molar-refractivity contribution < 1.29 is 4.79 Å². The highest BCUT2D eigenvalue weighted by molar-refractivity contribution is 5.78. The first-order chi connectivity index (χ1) is 7.23. The average molecular weight is 211 g/mol. The molecule has 4 nitrogen and oxygen atoms in total. The molecule has 2 saturated heterocycles. The van der Waals surface area contributed by atoms with Crippen LogP contribution in [-0.2, 0) is 0 Å². The predicted molar refractivity (Wildman–Crippen MR) is 59.9 cm³/mol. The maximum absolute atomic E-state index is 12.1. The highest BCUT2D eigenvalue weighted by Crippen LogP contribution is 2.31. The Morgan fingerprint density at radius 2 is 2.20 bits per heavy atom. The lowest BCUT2D eigenvalue weighted by Crippen LogP contribution is -2.56. The van der Waals surface area contributed by atoms with Crippen molar-refractivity contribution in [2.45, 2.75) is 32.2 Å². The van der Waals surface area contributed by atoms with Gasteiger partial charge in [0.25, 0.3) is 0 Å². The number of amides is 2. The summed E-state index contributed by atoms with van der Waals surface area (Å²) < 4.78 is 0. The predicted octanol–water partition coefficient (Wildman–Crippen LogP) is 0.886. The molecule has 86 valence electrons. The molecule has 0 aromatic heterocycles. The zero-order chi connectivity index (χ0) is 10.9. The molecule has 2 aliphatic heterocycles. The fourth-order valence-corrected chi connectivity index (χ4v) is 2.92. The Morgan fingerprint density at radius 1 is 1.40 bits per heavy atom. The van der Waals surface area contributed by atoms with E-state index in [9.17, 15) is 4.79 Å². The van der Waals surface area contributed by atoms with Crippen LogP contribution in [0.2, 0.25) is 0 Å². The summed E-state index contributed by atoms with van der Waals surface area (Å²) in [7, 11) is 0. The molecule has 2 fully saturated rings. The lowest BCUT2D eigenvalue weighted by atomic mass is 9.89. The molecule has 1 atom stereocenters. The molecule has 2 aliphatic rings. The topological polar surface area (TPSA) is 35.6 Å². The van der Waals surface area contributed by atoms with Crippen LogP contribution in [0.1, 0.15) is 26.7 Å². The number of nitrogens with one attached hydrogen (secondary N) is 1. The summed E-state index contributed by atoms with van der Waals surface area (Å²) >= 11 is 0. The summed E-state index contributed by atoms with van der Waals surface area (Å²) in [6.45, 7) is 8.76. The quantitative estimate of drug-likeness (QED) is 0.736. The number of likely N-dealkylation sites (N-methyl/N-ethyl adjacent to an activating group) is 2. The molecule has 0 aliphatic carbocycles. The second-order valence-electron chi connectivity index (χ2n) is 4.55. The first-order valence-corrected chi connectivity index (χ1v) is 6.01. The Bertz CT molecular complexity index is 248. The minimum atomic E-state index is 0.0834. The van der Waals surface area contributed by atoms with Crippen LogP contribution in [0.3, 0.4) is 0 Å². The molecule has 2 heterocycles. The van der Waals surface area contributed by atoms with Crippen LogP contribution < -0.4 is 5.32 Å². The third-order valence-electron chi connectivity index (χ3n) is 3.71. The normalized spacial score (nSPS) is 31.7. The van der Waals surface area contributed by atoms with Gasteiger partial charge in [0.05, 0.1) is 5.54 Å². The molecule has 0 saturated carbocycles. The van der Waals surface area contributed by atoms with Crippen molar-refractivity contribution in [2.75, 3.05) is 32.7 Å². The van der Waals surface area contributed by atoms with Gasteiger partial charge in [-0.3, -0.25) is 0 Å². The number of piperidine rings is 1. The van der Waals surface area contributed by atoms with Crippen molar-refractivity contribution in [3.8, 4) is 0 Å². The maximum Gasteiger partial charge on any atom is 0.320 e. The molecule has 0 aromatic carbocycles. The van der Waals surface area contributed by atoms with Crippen molar-refractivity contribution in [3.63, 3.8) is 0 Å². The molecule has 4 heteroatoms. The largest absolute Gasteiger partial charge is 0.323 e. The van der Waals surface area contributed by atoms with E-state index in [2.05, 4.69) is 24.1 Å². The van der Waals surface area contributed by atoms with Gasteiger partial charge in [0.1, 0.15) is 0 Å². The fraction of sp³-hybridized carbons (Fsp3) is 0.909. The van der Waals surface area contributed by atoms with Crippen LogP contribution in [0.15, 0.2) is 0 Å². The van der Waals surface area contributed by atoms with Crippen molar-refractivity contribution in [1.29, 1.82) is 0 Å². The first-order valence-electron chi connectivity index (χ1n) is 6.01. The van der Waals surface area contributed by atoms with Gasteiger partial charge in [0, 0.05) is 26.2 Å². The van der Waals surface area contributed by atoms with E-state index in [0.29, 0.717) is 0 Å². The van der Waals surface area contributed by atoms with Gasteiger partial charge < -0.3 is 15.1 Å². The number of hydrogen-bond donors (Lipinski definition) is 1. The van der Waals surface area contributed by atoms with E-state index in [1.165, 1.54) is 6.42 Å². The Morgan fingerprint density at radius 3 is 2.73 bits per heavy atom. The van der Waals surface area contributed by atoms with Gasteiger partial charge in [-0.05, 0) is 33.2 Å². The molecular formula is C11H21N3O. The van der Waals surface area contributed by atoms with Crippen LogP contribution in [0, 0.1) is 0 Å². The monoisotopic (exact) mass is 211 g/mol. The number of carbonyl (C=O) groups excluding carboxylic acids is 1. The molecule has 2 amide bonds. The van der Waals surface area contributed by atoms with Crippen molar-refractivity contribution in [1.82, 2.24) is 15.1 Å². The van der Waals surface area contributed by atoms with Crippen LogP contribution in [0.4, 0.5) is 4.79 Å². The molecular weight excluding hydrogens is 190 g/mol. The summed E-state index contributed by atoms with van der Waals surface area (Å²) in [6, 6.07) is 0.226. The number of nitrogens with zero attached hydrogens (tertiary/aromatic N) is 2. The van der Waals surface area contributed by atoms with E-state index in [1.54, 1.807) is 0 Å². The lowest BCUT2D eigenvalue weighted by molar-refractivity contribution is 0.134. The van der Waals surface area contributed by atoms with E-state index in [1.807, 2.05) is 4.90 Å². The smallest absolute Gasteiger partial charge is 0.320 e. The van der Waals surface area contributed by atoms with Crippen LogP contribution >= 0.6 is 0 Å². The van der Waals surface area contributed by atoms with Gasteiger partial charge in [0.15, 0.2) is 0 Å². The second-order valence-corrected chi connectivity index (χ2v) is 4.55. The third kappa shape index (κ3) is 1.61. The van der Waals surface area contributed by atoms with E-state index < -0.39 is 0 Å². The Hall–Kier alpha value is -0.770. The number of hydrogen-bond acceptors (Lipinski definition) is 2. The Labute approximate surface area is 91.6 Å². The van der Waals surface area contributed by atoms with Crippen molar-refractivity contribution >= 4 is 6.03 Å². The fourth-order valence-electron chi connectivity index (χ4n) is 2.92. The SMILES string of the molecule is CCN1CC2(CCCNC2)N(CC)C1=O. The second kappa shape index (κ2) is 4.00. The van der Waals surface area contributed by atoms with Crippen LogP contribution in [0.25, 0.3) is 0 Å².